The van der Waals surface area contributed by atoms with Crippen LogP contribution in [0.25, 0.3) is 0 Å². The Kier molecular flexibility index (Phi) is 6.16. The highest BCUT2D eigenvalue weighted by Gasteiger charge is 2.23. The molecule has 1 atom stereocenters. The van der Waals surface area contributed by atoms with E-state index in [-0.39, 0.29) is 19.1 Å². The number of amides is 2. The van der Waals surface area contributed by atoms with Gasteiger partial charge in [0, 0.05) is 26.1 Å². The van der Waals surface area contributed by atoms with E-state index in [4.69, 9.17) is 16.3 Å². The molecule has 1 unspecified atom stereocenters. The van der Waals surface area contributed by atoms with E-state index in [1.54, 1.807) is 7.05 Å². The van der Waals surface area contributed by atoms with Gasteiger partial charge in [-0.1, -0.05) is 5.92 Å². The second-order valence-electron chi connectivity index (χ2n) is 4.70. The van der Waals surface area contributed by atoms with Gasteiger partial charge in [0.25, 0.3) is 0 Å². The van der Waals surface area contributed by atoms with Crippen LogP contribution in [-0.2, 0) is 9.53 Å². The predicted octanol–water partition coefficient (Wildman–Crippen LogP) is 0.485. The smallest absolute Gasteiger partial charge is 0.323 e. The molecule has 0 spiro atoms. The Bertz CT molecular complexity index is 358. The number of terminal acetylenes is 1. The number of hydrogen-bond acceptors (Lipinski definition) is 3. The highest BCUT2D eigenvalue weighted by molar-refractivity contribution is 5.80. The molecule has 6 nitrogen and oxygen atoms in total. The molecule has 1 N–H and O–H groups in total. The fourth-order valence-corrected chi connectivity index (χ4v) is 2.12. The van der Waals surface area contributed by atoms with Crippen LogP contribution in [-0.4, -0.2) is 66.8 Å². The van der Waals surface area contributed by atoms with E-state index >= 15 is 0 Å². The summed E-state index contributed by atoms with van der Waals surface area (Å²) in [6.45, 7) is 1.59. The van der Waals surface area contributed by atoms with Crippen LogP contribution in [0.3, 0.4) is 0 Å². The number of nitrogens with zero attached hydrogens (tertiary/aromatic N) is 2. The van der Waals surface area contributed by atoms with Crippen LogP contribution in [0.1, 0.15) is 12.8 Å². The molecule has 1 rings (SSSR count). The average Bonchev–Trinajstić information content (AvgIpc) is 2.38. The van der Waals surface area contributed by atoms with Crippen molar-refractivity contribution < 1.29 is 19.4 Å². The van der Waals surface area contributed by atoms with Crippen molar-refractivity contribution >= 4 is 12.0 Å². The molecule has 106 valence electrons. The Labute approximate surface area is 113 Å². The largest absolute Gasteiger partial charge is 0.480 e. The number of hydrogen-bond donors (Lipinski definition) is 1. The molecule has 1 fully saturated rings. The van der Waals surface area contributed by atoms with E-state index in [1.165, 1.54) is 4.90 Å². The molecule has 0 aromatic carbocycles. The fraction of sp³-hybridized carbons (Fsp3) is 0.692. The maximum absolute atomic E-state index is 12.1. The Morgan fingerprint density at radius 3 is 2.79 bits per heavy atom. The summed E-state index contributed by atoms with van der Waals surface area (Å²) < 4.78 is 5.36. The maximum atomic E-state index is 12.1. The molecular weight excluding hydrogens is 248 g/mol. The van der Waals surface area contributed by atoms with Crippen molar-refractivity contribution in [2.45, 2.75) is 12.8 Å². The molecule has 0 radical (unpaired) electrons. The topological polar surface area (TPSA) is 70.1 Å². The second kappa shape index (κ2) is 7.64. The molecule has 6 heteroatoms. The van der Waals surface area contributed by atoms with Crippen molar-refractivity contribution in [2.75, 3.05) is 39.9 Å². The first-order valence-electron chi connectivity index (χ1n) is 6.27. The van der Waals surface area contributed by atoms with Crippen molar-refractivity contribution in [1.29, 1.82) is 0 Å². The third-order valence-electron chi connectivity index (χ3n) is 2.99. The standard InChI is InChI=1S/C13H20N2O4/c1-3-6-15(9-12(16)17)13(18)14(2)8-11-5-4-7-19-10-11/h1,11H,4-10H2,2H3,(H,16,17). The van der Waals surface area contributed by atoms with Gasteiger partial charge in [-0.15, -0.1) is 6.42 Å². The lowest BCUT2D eigenvalue weighted by Crippen LogP contribution is -2.46. The van der Waals surface area contributed by atoms with Gasteiger partial charge in [-0.3, -0.25) is 4.79 Å². The number of urea groups is 1. The van der Waals surface area contributed by atoms with Crippen LogP contribution in [0, 0.1) is 18.3 Å². The summed E-state index contributed by atoms with van der Waals surface area (Å²) in [5.41, 5.74) is 0. The van der Waals surface area contributed by atoms with Crippen LogP contribution >= 0.6 is 0 Å². The summed E-state index contributed by atoms with van der Waals surface area (Å²) in [6.07, 6.45) is 7.17. The van der Waals surface area contributed by atoms with Crippen molar-refractivity contribution in [3.63, 3.8) is 0 Å². The highest BCUT2D eigenvalue weighted by atomic mass is 16.5. The monoisotopic (exact) mass is 268 g/mol. The molecule has 0 bridgehead atoms. The van der Waals surface area contributed by atoms with E-state index < -0.39 is 5.97 Å². The summed E-state index contributed by atoms with van der Waals surface area (Å²) in [5.74, 6) is 1.54. The quantitative estimate of drug-likeness (QED) is 0.736. The molecule has 0 aliphatic carbocycles. The van der Waals surface area contributed by atoms with Gasteiger partial charge in [-0.05, 0) is 12.8 Å². The molecule has 1 aliphatic rings. The lowest BCUT2D eigenvalue weighted by Gasteiger charge is -2.30. The summed E-state index contributed by atoms with van der Waals surface area (Å²) in [4.78, 5) is 25.5. The number of carbonyl (C=O) groups excluding carboxylic acids is 1. The first kappa shape index (κ1) is 15.3. The first-order chi connectivity index (χ1) is 9.04. The van der Waals surface area contributed by atoms with Gasteiger partial charge < -0.3 is 19.6 Å². The van der Waals surface area contributed by atoms with E-state index in [1.807, 2.05) is 0 Å². The third-order valence-corrected chi connectivity index (χ3v) is 2.99. The molecule has 1 aliphatic heterocycles. The molecule has 2 amide bonds. The van der Waals surface area contributed by atoms with Gasteiger partial charge in [0.05, 0.1) is 13.2 Å². The lowest BCUT2D eigenvalue weighted by atomic mass is 10.0. The second-order valence-corrected chi connectivity index (χ2v) is 4.70. The summed E-state index contributed by atoms with van der Waals surface area (Å²) in [6, 6.07) is -0.356. The van der Waals surface area contributed by atoms with E-state index in [0.29, 0.717) is 19.1 Å². The Morgan fingerprint density at radius 1 is 1.53 bits per heavy atom. The number of aliphatic carboxylic acids is 1. The minimum absolute atomic E-state index is 0.00333. The normalized spacial score (nSPS) is 18.4. The highest BCUT2D eigenvalue weighted by Crippen LogP contribution is 2.15. The van der Waals surface area contributed by atoms with Gasteiger partial charge >= 0.3 is 12.0 Å². The minimum atomic E-state index is -1.07. The Balaban J connectivity index is 2.51. The zero-order valence-corrected chi connectivity index (χ0v) is 11.2. The summed E-state index contributed by atoms with van der Waals surface area (Å²) >= 11 is 0. The van der Waals surface area contributed by atoms with Crippen molar-refractivity contribution in [2.24, 2.45) is 5.92 Å². The number of carboxylic acids is 1. The molecule has 1 heterocycles. The van der Waals surface area contributed by atoms with Crippen molar-refractivity contribution in [3.05, 3.63) is 0 Å². The SMILES string of the molecule is C#CCN(CC(=O)O)C(=O)N(C)CC1CCCOC1. The van der Waals surface area contributed by atoms with Crippen LogP contribution in [0.5, 0.6) is 0 Å². The molecule has 19 heavy (non-hydrogen) atoms. The first-order valence-corrected chi connectivity index (χ1v) is 6.27. The van der Waals surface area contributed by atoms with E-state index in [0.717, 1.165) is 24.3 Å². The van der Waals surface area contributed by atoms with Gasteiger partial charge in [0.1, 0.15) is 6.54 Å². The van der Waals surface area contributed by atoms with Crippen LogP contribution in [0.2, 0.25) is 0 Å². The predicted molar refractivity (Wildman–Crippen MR) is 69.6 cm³/mol. The average molecular weight is 268 g/mol. The number of carbonyl (C=O) groups is 2. The van der Waals surface area contributed by atoms with E-state index in [9.17, 15) is 9.59 Å². The van der Waals surface area contributed by atoms with Gasteiger partial charge in [0.15, 0.2) is 0 Å². The van der Waals surface area contributed by atoms with Crippen LogP contribution < -0.4 is 0 Å². The Hall–Kier alpha value is -1.74. The van der Waals surface area contributed by atoms with Gasteiger partial charge in [-0.25, -0.2) is 4.79 Å². The molecule has 0 aromatic rings. The van der Waals surface area contributed by atoms with Crippen LogP contribution in [0.4, 0.5) is 4.79 Å². The van der Waals surface area contributed by atoms with Gasteiger partial charge in [-0.2, -0.15) is 0 Å². The third kappa shape index (κ3) is 5.18. The molecule has 0 aromatic heterocycles. The zero-order valence-electron chi connectivity index (χ0n) is 11.2. The Morgan fingerprint density at radius 2 is 2.26 bits per heavy atom. The maximum Gasteiger partial charge on any atom is 0.323 e. The minimum Gasteiger partial charge on any atom is -0.480 e. The zero-order chi connectivity index (χ0) is 14.3. The molecule has 0 saturated carbocycles. The molecular formula is C13H20N2O4. The molecule has 1 saturated heterocycles. The van der Waals surface area contributed by atoms with E-state index in [2.05, 4.69) is 5.92 Å². The number of carboxylic acid groups (broad SMARTS) is 1. The lowest BCUT2D eigenvalue weighted by molar-refractivity contribution is -0.137. The van der Waals surface area contributed by atoms with Crippen molar-refractivity contribution in [1.82, 2.24) is 9.80 Å². The summed E-state index contributed by atoms with van der Waals surface area (Å²) in [5, 5.41) is 8.76. The number of ether oxygens (including phenoxy) is 1. The van der Waals surface area contributed by atoms with Crippen molar-refractivity contribution in [3.8, 4) is 12.3 Å². The van der Waals surface area contributed by atoms with Gasteiger partial charge in [0.2, 0.25) is 0 Å². The number of rotatable bonds is 5. The van der Waals surface area contributed by atoms with Crippen LogP contribution in [0.15, 0.2) is 0 Å². The summed E-state index contributed by atoms with van der Waals surface area (Å²) in [7, 11) is 1.66. The fourth-order valence-electron chi connectivity index (χ4n) is 2.12.